The number of nitro benzene ring substituents is 1. The van der Waals surface area contributed by atoms with Gasteiger partial charge in [0.05, 0.1) is 22.2 Å². The lowest BCUT2D eigenvalue weighted by molar-refractivity contribution is -0.386. The molecule has 2 aromatic carbocycles. The lowest BCUT2D eigenvalue weighted by atomic mass is 9.98. The van der Waals surface area contributed by atoms with Crippen molar-refractivity contribution in [2.24, 2.45) is 0 Å². The molecule has 0 aromatic heterocycles. The van der Waals surface area contributed by atoms with Gasteiger partial charge in [0.25, 0.3) is 5.69 Å². The lowest BCUT2D eigenvalue weighted by Gasteiger charge is -2.19. The fraction of sp³-hybridized carbons (Fsp3) is 0.316. The zero-order valence-corrected chi connectivity index (χ0v) is 15.5. The fourth-order valence-electron chi connectivity index (χ4n) is 2.59. The van der Waals surface area contributed by atoms with Crippen LogP contribution in [0.4, 0.5) is 23.7 Å². The largest absolute Gasteiger partial charge is 0.445 e. The Kier molecular flexibility index (Phi) is 7.72. The molecular formula is C19H19F3N2O6. The molecule has 2 aromatic rings. The van der Waals surface area contributed by atoms with Crippen LogP contribution in [0.3, 0.4) is 0 Å². The molecule has 3 N–H and O–H groups in total. The molecule has 0 heterocycles. The van der Waals surface area contributed by atoms with Crippen molar-refractivity contribution in [3.63, 3.8) is 0 Å². The van der Waals surface area contributed by atoms with Crippen LogP contribution in [0.25, 0.3) is 0 Å². The number of aliphatic hydroxyl groups excluding tert-OH is 2. The first-order valence-corrected chi connectivity index (χ1v) is 8.76. The number of amides is 1. The van der Waals surface area contributed by atoms with Crippen LogP contribution in [0, 0.1) is 10.1 Å². The van der Waals surface area contributed by atoms with E-state index in [2.05, 4.69) is 5.32 Å². The maximum absolute atomic E-state index is 12.7. The van der Waals surface area contributed by atoms with Gasteiger partial charge in [0.15, 0.2) is 0 Å². The molecular weight excluding hydrogens is 409 g/mol. The SMILES string of the molecule is O=C(NCCC(O)C(O)c1ccc(C(F)(F)F)cc1[N+](=O)[O-])OCc1ccccc1. The van der Waals surface area contributed by atoms with Gasteiger partial charge in [0.2, 0.25) is 0 Å². The molecule has 11 heteroatoms. The number of alkyl halides is 3. The molecule has 0 bridgehead atoms. The lowest BCUT2D eigenvalue weighted by Crippen LogP contribution is -2.30. The van der Waals surface area contributed by atoms with Crippen LogP contribution in [0.5, 0.6) is 0 Å². The van der Waals surface area contributed by atoms with Crippen molar-refractivity contribution in [3.8, 4) is 0 Å². The predicted octanol–water partition coefficient (Wildman–Crippen LogP) is 3.32. The minimum absolute atomic E-state index is 0.0234. The summed E-state index contributed by atoms with van der Waals surface area (Å²) in [5.41, 5.74) is -1.92. The van der Waals surface area contributed by atoms with Crippen LogP contribution in [-0.2, 0) is 17.5 Å². The van der Waals surface area contributed by atoms with Crippen molar-refractivity contribution in [2.45, 2.75) is 31.4 Å². The number of aliphatic hydroxyl groups is 2. The molecule has 8 nitrogen and oxygen atoms in total. The Morgan fingerprint density at radius 3 is 2.43 bits per heavy atom. The minimum atomic E-state index is -4.79. The number of nitrogens with one attached hydrogen (secondary N) is 1. The van der Waals surface area contributed by atoms with Crippen LogP contribution < -0.4 is 5.32 Å². The molecule has 0 saturated heterocycles. The monoisotopic (exact) mass is 428 g/mol. The highest BCUT2D eigenvalue weighted by atomic mass is 19.4. The molecule has 0 radical (unpaired) electrons. The summed E-state index contributed by atoms with van der Waals surface area (Å²) in [4.78, 5) is 21.7. The number of halogens is 3. The Bertz CT molecular complexity index is 876. The van der Waals surface area contributed by atoms with E-state index in [1.54, 1.807) is 30.3 Å². The summed E-state index contributed by atoms with van der Waals surface area (Å²) in [5, 5.41) is 33.6. The maximum atomic E-state index is 12.7. The third-order valence-electron chi connectivity index (χ3n) is 4.16. The van der Waals surface area contributed by atoms with E-state index >= 15 is 0 Å². The van der Waals surface area contributed by atoms with Gasteiger partial charge in [-0.05, 0) is 24.1 Å². The molecule has 1 amide bonds. The number of ether oxygens (including phenoxy) is 1. The number of nitro groups is 1. The predicted molar refractivity (Wildman–Crippen MR) is 98.3 cm³/mol. The second-order valence-electron chi connectivity index (χ2n) is 6.32. The van der Waals surface area contributed by atoms with E-state index in [1.807, 2.05) is 0 Å². The smallest absolute Gasteiger partial charge is 0.416 e. The van der Waals surface area contributed by atoms with E-state index in [0.29, 0.717) is 12.1 Å². The average Bonchev–Trinajstić information content (AvgIpc) is 2.71. The van der Waals surface area contributed by atoms with Gasteiger partial charge in [-0.2, -0.15) is 13.2 Å². The van der Waals surface area contributed by atoms with E-state index in [9.17, 15) is 38.3 Å². The Morgan fingerprint density at radius 2 is 1.83 bits per heavy atom. The molecule has 0 aliphatic heterocycles. The standard InChI is InChI=1S/C19H19F3N2O6/c20-19(21,22)13-6-7-14(15(10-13)24(28)29)17(26)16(25)8-9-23-18(27)30-11-12-4-2-1-3-5-12/h1-7,10,16-17,25-26H,8-9,11H2,(H,23,27). The third-order valence-corrected chi connectivity index (χ3v) is 4.16. The first-order chi connectivity index (χ1) is 14.1. The van der Waals surface area contributed by atoms with E-state index in [0.717, 1.165) is 11.6 Å². The normalized spacial score (nSPS) is 13.4. The maximum Gasteiger partial charge on any atom is 0.416 e. The number of benzene rings is 2. The van der Waals surface area contributed by atoms with Gasteiger partial charge in [-0.25, -0.2) is 4.79 Å². The summed E-state index contributed by atoms with van der Waals surface area (Å²) in [7, 11) is 0. The molecule has 0 saturated carbocycles. The summed E-state index contributed by atoms with van der Waals surface area (Å²) in [6, 6.07) is 10.5. The second-order valence-corrected chi connectivity index (χ2v) is 6.32. The van der Waals surface area contributed by atoms with Crippen molar-refractivity contribution in [1.82, 2.24) is 5.32 Å². The number of hydrogen-bond donors (Lipinski definition) is 3. The summed E-state index contributed by atoms with van der Waals surface area (Å²) in [6.45, 7) is -0.115. The van der Waals surface area contributed by atoms with E-state index in [4.69, 9.17) is 4.74 Å². The van der Waals surface area contributed by atoms with Gasteiger partial charge in [0.1, 0.15) is 12.7 Å². The number of rotatable bonds is 8. The van der Waals surface area contributed by atoms with Crippen LogP contribution in [0.2, 0.25) is 0 Å². The zero-order chi connectivity index (χ0) is 22.3. The number of hydrogen-bond acceptors (Lipinski definition) is 6. The van der Waals surface area contributed by atoms with Crippen molar-refractivity contribution >= 4 is 11.8 Å². The van der Waals surface area contributed by atoms with Gasteiger partial charge in [0, 0.05) is 12.6 Å². The summed E-state index contributed by atoms with van der Waals surface area (Å²) >= 11 is 0. The average molecular weight is 428 g/mol. The zero-order valence-electron chi connectivity index (χ0n) is 15.5. The van der Waals surface area contributed by atoms with Gasteiger partial charge in [-0.1, -0.05) is 30.3 Å². The summed E-state index contributed by atoms with van der Waals surface area (Å²) in [5.74, 6) is 0. The highest BCUT2D eigenvalue weighted by Gasteiger charge is 2.35. The minimum Gasteiger partial charge on any atom is -0.445 e. The molecule has 0 spiro atoms. The first-order valence-electron chi connectivity index (χ1n) is 8.76. The topological polar surface area (TPSA) is 122 Å². The molecule has 2 unspecified atom stereocenters. The highest BCUT2D eigenvalue weighted by Crippen LogP contribution is 2.35. The molecule has 0 fully saturated rings. The van der Waals surface area contributed by atoms with Crippen molar-refractivity contribution in [2.75, 3.05) is 6.54 Å². The highest BCUT2D eigenvalue weighted by molar-refractivity contribution is 5.67. The Balaban J connectivity index is 1.91. The Labute approximate surface area is 169 Å². The summed E-state index contributed by atoms with van der Waals surface area (Å²) < 4.78 is 43.2. The molecule has 162 valence electrons. The number of carbonyl (C=O) groups is 1. The Hall–Kier alpha value is -3.18. The second kappa shape index (κ2) is 10.0. The fourth-order valence-corrected chi connectivity index (χ4v) is 2.59. The van der Waals surface area contributed by atoms with Crippen LogP contribution in [0.1, 0.15) is 29.2 Å². The molecule has 2 atom stereocenters. The number of carbonyl (C=O) groups excluding carboxylic acids is 1. The van der Waals surface area contributed by atoms with E-state index in [1.165, 1.54) is 0 Å². The molecule has 0 aliphatic rings. The van der Waals surface area contributed by atoms with Gasteiger partial charge >= 0.3 is 12.3 Å². The molecule has 0 aliphatic carbocycles. The molecule has 2 rings (SSSR count). The van der Waals surface area contributed by atoms with Crippen molar-refractivity contribution < 1.29 is 37.8 Å². The molecule has 30 heavy (non-hydrogen) atoms. The third kappa shape index (κ3) is 6.42. The van der Waals surface area contributed by atoms with Gasteiger partial charge < -0.3 is 20.3 Å². The number of alkyl carbamates (subject to hydrolysis) is 1. The van der Waals surface area contributed by atoms with Crippen molar-refractivity contribution in [1.29, 1.82) is 0 Å². The first kappa shape index (κ1) is 23.1. The van der Waals surface area contributed by atoms with Crippen molar-refractivity contribution in [3.05, 3.63) is 75.3 Å². The van der Waals surface area contributed by atoms with Crippen LogP contribution in [-0.4, -0.2) is 33.9 Å². The Morgan fingerprint density at radius 1 is 1.17 bits per heavy atom. The quantitative estimate of drug-likeness (QED) is 0.438. The van der Waals surface area contributed by atoms with E-state index in [-0.39, 0.29) is 19.6 Å². The van der Waals surface area contributed by atoms with Gasteiger partial charge in [-0.15, -0.1) is 0 Å². The van der Waals surface area contributed by atoms with E-state index < -0.39 is 46.2 Å². The van der Waals surface area contributed by atoms with Crippen LogP contribution >= 0.6 is 0 Å². The van der Waals surface area contributed by atoms with Gasteiger partial charge in [-0.3, -0.25) is 10.1 Å². The number of nitrogens with zero attached hydrogens (tertiary/aromatic N) is 1. The van der Waals surface area contributed by atoms with Crippen LogP contribution in [0.15, 0.2) is 48.5 Å². The summed E-state index contributed by atoms with van der Waals surface area (Å²) in [6.07, 6.45) is -9.19.